The van der Waals surface area contributed by atoms with Gasteiger partial charge < -0.3 is 14.8 Å². The van der Waals surface area contributed by atoms with Crippen molar-refractivity contribution in [2.24, 2.45) is 0 Å². The summed E-state index contributed by atoms with van der Waals surface area (Å²) in [5.74, 6) is 0.613. The zero-order valence-corrected chi connectivity index (χ0v) is 11.7. The molecular weight excluding hydrogens is 249 g/mol. The SMILES string of the molecule is COc1cccc(C(CF)NC(=O)OC(C)(C)C)c1. The van der Waals surface area contributed by atoms with Crippen molar-refractivity contribution >= 4 is 6.09 Å². The highest BCUT2D eigenvalue weighted by atomic mass is 19.1. The van der Waals surface area contributed by atoms with E-state index in [1.807, 2.05) is 0 Å². The molecule has 0 radical (unpaired) electrons. The first-order valence-corrected chi connectivity index (χ1v) is 6.05. The molecule has 1 aromatic rings. The molecule has 0 spiro atoms. The van der Waals surface area contributed by atoms with Gasteiger partial charge in [-0.1, -0.05) is 12.1 Å². The Balaban J connectivity index is 2.75. The van der Waals surface area contributed by atoms with Gasteiger partial charge in [0.15, 0.2) is 0 Å². The number of ether oxygens (including phenoxy) is 2. The Labute approximate surface area is 112 Å². The third-order valence-corrected chi connectivity index (χ3v) is 2.34. The number of hydrogen-bond acceptors (Lipinski definition) is 3. The van der Waals surface area contributed by atoms with Crippen LogP contribution in [-0.2, 0) is 4.74 Å². The minimum atomic E-state index is -0.745. The summed E-state index contributed by atoms with van der Waals surface area (Å²) in [7, 11) is 1.53. The van der Waals surface area contributed by atoms with E-state index in [0.717, 1.165) is 0 Å². The molecule has 1 amide bonds. The standard InChI is InChI=1S/C14H20FNO3/c1-14(2,3)19-13(17)16-12(9-15)10-6-5-7-11(8-10)18-4/h5-8,12H,9H2,1-4H3,(H,16,17). The van der Waals surface area contributed by atoms with Crippen molar-refractivity contribution in [1.82, 2.24) is 5.32 Å². The third kappa shape index (κ3) is 5.16. The number of methoxy groups -OCH3 is 1. The number of halogens is 1. The molecule has 1 unspecified atom stereocenters. The fourth-order valence-corrected chi connectivity index (χ4v) is 1.52. The third-order valence-electron chi connectivity index (χ3n) is 2.34. The van der Waals surface area contributed by atoms with Gasteiger partial charge in [0.2, 0.25) is 0 Å². The van der Waals surface area contributed by atoms with Crippen LogP contribution in [0.5, 0.6) is 5.75 Å². The Kier molecular flexibility index (Phi) is 5.15. The second-order valence-corrected chi connectivity index (χ2v) is 5.13. The number of alkyl carbamates (subject to hydrolysis) is 1. The maximum atomic E-state index is 13.1. The van der Waals surface area contributed by atoms with Crippen LogP contribution in [0.15, 0.2) is 24.3 Å². The maximum Gasteiger partial charge on any atom is 0.408 e. The normalized spacial score (nSPS) is 12.7. The van der Waals surface area contributed by atoms with Crippen LogP contribution < -0.4 is 10.1 Å². The molecule has 1 N–H and O–H groups in total. The second kappa shape index (κ2) is 6.41. The van der Waals surface area contributed by atoms with Gasteiger partial charge in [0.25, 0.3) is 0 Å². The van der Waals surface area contributed by atoms with Gasteiger partial charge in [-0.2, -0.15) is 0 Å². The molecule has 1 atom stereocenters. The molecular formula is C14H20FNO3. The van der Waals surface area contributed by atoms with Crippen LogP contribution in [0.3, 0.4) is 0 Å². The van der Waals surface area contributed by atoms with Crippen molar-refractivity contribution in [3.63, 3.8) is 0 Å². The van der Waals surface area contributed by atoms with Crippen LogP contribution in [0.4, 0.5) is 9.18 Å². The first kappa shape index (κ1) is 15.3. The van der Waals surface area contributed by atoms with Crippen LogP contribution in [0, 0.1) is 0 Å². The molecule has 4 nitrogen and oxygen atoms in total. The molecule has 1 aromatic carbocycles. The lowest BCUT2D eigenvalue weighted by Gasteiger charge is -2.22. The first-order valence-electron chi connectivity index (χ1n) is 6.05. The number of hydrogen-bond donors (Lipinski definition) is 1. The van der Waals surface area contributed by atoms with Crippen molar-refractivity contribution in [2.45, 2.75) is 32.4 Å². The lowest BCUT2D eigenvalue weighted by Crippen LogP contribution is -2.35. The highest BCUT2D eigenvalue weighted by Crippen LogP contribution is 2.20. The highest BCUT2D eigenvalue weighted by Gasteiger charge is 2.20. The molecule has 0 aromatic heterocycles. The molecule has 0 heterocycles. The Morgan fingerprint density at radius 2 is 2.11 bits per heavy atom. The van der Waals surface area contributed by atoms with Crippen molar-refractivity contribution in [3.05, 3.63) is 29.8 Å². The maximum absolute atomic E-state index is 13.1. The van der Waals surface area contributed by atoms with Crippen molar-refractivity contribution in [2.75, 3.05) is 13.8 Å². The first-order chi connectivity index (χ1) is 8.85. The predicted molar refractivity (Wildman–Crippen MR) is 71.1 cm³/mol. The van der Waals surface area contributed by atoms with E-state index in [1.54, 1.807) is 45.0 Å². The fraction of sp³-hybridized carbons (Fsp3) is 0.500. The summed E-state index contributed by atoms with van der Waals surface area (Å²) < 4.78 is 23.2. The van der Waals surface area contributed by atoms with Gasteiger partial charge in [0.05, 0.1) is 13.2 Å². The molecule has 1 rings (SSSR count). The molecule has 0 aliphatic heterocycles. The van der Waals surface area contributed by atoms with Gasteiger partial charge in [-0.25, -0.2) is 9.18 Å². The van der Waals surface area contributed by atoms with E-state index < -0.39 is 24.4 Å². The zero-order valence-electron chi connectivity index (χ0n) is 11.7. The molecule has 0 saturated heterocycles. The zero-order chi connectivity index (χ0) is 14.5. The Morgan fingerprint density at radius 3 is 2.63 bits per heavy atom. The molecule has 0 fully saturated rings. The number of carbonyl (C=O) groups is 1. The van der Waals surface area contributed by atoms with E-state index in [2.05, 4.69) is 5.32 Å². The van der Waals surface area contributed by atoms with Gasteiger partial charge in [-0.15, -0.1) is 0 Å². The summed E-state index contributed by atoms with van der Waals surface area (Å²) in [4.78, 5) is 11.6. The molecule has 19 heavy (non-hydrogen) atoms. The van der Waals surface area contributed by atoms with Gasteiger partial charge in [0, 0.05) is 0 Å². The summed E-state index contributed by atoms with van der Waals surface area (Å²) in [6, 6.07) is 6.16. The van der Waals surface area contributed by atoms with Crippen LogP contribution in [0.1, 0.15) is 32.4 Å². The quantitative estimate of drug-likeness (QED) is 0.912. The molecule has 5 heteroatoms. The molecule has 0 aliphatic carbocycles. The summed E-state index contributed by atoms with van der Waals surface area (Å²) in [5.41, 5.74) is 0.0204. The largest absolute Gasteiger partial charge is 0.497 e. The number of benzene rings is 1. The number of amides is 1. The van der Waals surface area contributed by atoms with Gasteiger partial charge in [-0.3, -0.25) is 0 Å². The van der Waals surface area contributed by atoms with E-state index in [1.165, 1.54) is 7.11 Å². The van der Waals surface area contributed by atoms with Crippen LogP contribution in [-0.4, -0.2) is 25.5 Å². The molecule has 106 valence electrons. The van der Waals surface area contributed by atoms with Crippen LogP contribution >= 0.6 is 0 Å². The van der Waals surface area contributed by atoms with E-state index in [9.17, 15) is 9.18 Å². The van der Waals surface area contributed by atoms with Gasteiger partial charge in [0.1, 0.15) is 18.0 Å². The summed E-state index contributed by atoms with van der Waals surface area (Å²) in [5, 5.41) is 2.50. The van der Waals surface area contributed by atoms with Crippen molar-refractivity contribution in [1.29, 1.82) is 0 Å². The lowest BCUT2D eigenvalue weighted by atomic mass is 10.1. The monoisotopic (exact) mass is 269 g/mol. The lowest BCUT2D eigenvalue weighted by molar-refractivity contribution is 0.0495. The molecule has 0 aliphatic rings. The van der Waals surface area contributed by atoms with E-state index in [0.29, 0.717) is 11.3 Å². The van der Waals surface area contributed by atoms with E-state index >= 15 is 0 Å². The number of carbonyl (C=O) groups excluding carboxylic acids is 1. The van der Waals surface area contributed by atoms with Crippen LogP contribution in [0.25, 0.3) is 0 Å². The number of alkyl halides is 1. The Hall–Kier alpha value is -1.78. The van der Waals surface area contributed by atoms with Crippen molar-refractivity contribution < 1.29 is 18.7 Å². The molecule has 0 bridgehead atoms. The van der Waals surface area contributed by atoms with Gasteiger partial charge >= 0.3 is 6.09 Å². The summed E-state index contributed by atoms with van der Waals surface area (Å²) in [6.07, 6.45) is -0.641. The average molecular weight is 269 g/mol. The van der Waals surface area contributed by atoms with Gasteiger partial charge in [-0.05, 0) is 38.5 Å². The Morgan fingerprint density at radius 1 is 1.42 bits per heavy atom. The fourth-order valence-electron chi connectivity index (χ4n) is 1.52. The smallest absolute Gasteiger partial charge is 0.408 e. The van der Waals surface area contributed by atoms with E-state index in [-0.39, 0.29) is 0 Å². The number of nitrogens with one attached hydrogen (secondary N) is 1. The average Bonchev–Trinajstić information content (AvgIpc) is 2.34. The van der Waals surface area contributed by atoms with E-state index in [4.69, 9.17) is 9.47 Å². The van der Waals surface area contributed by atoms with Crippen molar-refractivity contribution in [3.8, 4) is 5.75 Å². The summed E-state index contributed by atoms with van der Waals surface area (Å²) in [6.45, 7) is 4.54. The highest BCUT2D eigenvalue weighted by molar-refractivity contribution is 5.68. The van der Waals surface area contributed by atoms with Crippen LogP contribution in [0.2, 0.25) is 0 Å². The number of rotatable bonds is 4. The Bertz CT molecular complexity index is 429. The minimum absolute atomic E-state index is 0.612. The summed E-state index contributed by atoms with van der Waals surface area (Å²) >= 11 is 0. The molecule has 0 saturated carbocycles. The topological polar surface area (TPSA) is 47.6 Å². The second-order valence-electron chi connectivity index (χ2n) is 5.13. The predicted octanol–water partition coefficient (Wildman–Crippen LogP) is 3.23. The minimum Gasteiger partial charge on any atom is -0.497 e.